The number of hydrogen-bond acceptors (Lipinski definition) is 5. The van der Waals surface area contributed by atoms with Gasteiger partial charge in [0.15, 0.2) is 11.0 Å². The van der Waals surface area contributed by atoms with Gasteiger partial charge in [0, 0.05) is 31.5 Å². The highest BCUT2D eigenvalue weighted by atomic mass is 35.5. The molecule has 1 aromatic heterocycles. The number of nitrogens with zero attached hydrogens (tertiary/aromatic N) is 3. The molecule has 2 heterocycles. The molecule has 0 aliphatic carbocycles. The van der Waals surface area contributed by atoms with Crippen LogP contribution >= 0.6 is 11.6 Å². The van der Waals surface area contributed by atoms with Crippen molar-refractivity contribution in [1.29, 1.82) is 0 Å². The normalized spacial score (nSPS) is 16.2. The van der Waals surface area contributed by atoms with Crippen LogP contribution in [0.3, 0.4) is 0 Å². The Kier molecular flexibility index (Phi) is 4.79. The summed E-state index contributed by atoms with van der Waals surface area (Å²) in [6.07, 6.45) is 4.59. The number of amides is 1. The SMILES string of the molecule is CCOC(=O)N1CCC(Nc2nccnc2Cl)CC1. The molecule has 1 amide bonds. The van der Waals surface area contributed by atoms with Crippen molar-refractivity contribution in [2.24, 2.45) is 0 Å². The summed E-state index contributed by atoms with van der Waals surface area (Å²) in [7, 11) is 0. The molecule has 2 rings (SSSR count). The van der Waals surface area contributed by atoms with E-state index in [0.29, 0.717) is 30.7 Å². The summed E-state index contributed by atoms with van der Waals surface area (Å²) in [6.45, 7) is 3.57. The number of hydrogen-bond donors (Lipinski definition) is 1. The second-order valence-electron chi connectivity index (χ2n) is 4.30. The van der Waals surface area contributed by atoms with Crippen LogP contribution < -0.4 is 5.32 Å². The van der Waals surface area contributed by atoms with E-state index in [1.54, 1.807) is 17.3 Å². The van der Waals surface area contributed by atoms with Gasteiger partial charge in [-0.2, -0.15) is 0 Å². The van der Waals surface area contributed by atoms with Crippen LogP contribution in [0.15, 0.2) is 12.4 Å². The molecule has 0 atom stereocenters. The molecule has 6 nitrogen and oxygen atoms in total. The molecule has 0 bridgehead atoms. The van der Waals surface area contributed by atoms with E-state index in [4.69, 9.17) is 16.3 Å². The number of carbonyl (C=O) groups excluding carboxylic acids is 1. The maximum Gasteiger partial charge on any atom is 0.409 e. The van der Waals surface area contributed by atoms with Crippen molar-refractivity contribution in [2.75, 3.05) is 25.0 Å². The smallest absolute Gasteiger partial charge is 0.409 e. The molecule has 0 aromatic carbocycles. The molecule has 1 aromatic rings. The average molecular weight is 285 g/mol. The minimum Gasteiger partial charge on any atom is -0.450 e. The Morgan fingerprint density at radius 2 is 2.16 bits per heavy atom. The standard InChI is InChI=1S/C12H17ClN4O2/c1-2-19-12(18)17-7-3-9(4-8-17)16-11-10(13)14-5-6-15-11/h5-6,9H,2-4,7-8H2,1H3,(H,15,16). The average Bonchev–Trinajstić information content (AvgIpc) is 2.42. The Hall–Kier alpha value is -1.56. The number of halogens is 1. The predicted octanol–water partition coefficient (Wildman–Crippen LogP) is 2.16. The van der Waals surface area contributed by atoms with Gasteiger partial charge >= 0.3 is 6.09 Å². The van der Waals surface area contributed by atoms with Gasteiger partial charge in [-0.1, -0.05) is 11.6 Å². The van der Waals surface area contributed by atoms with Crippen molar-refractivity contribution in [3.63, 3.8) is 0 Å². The van der Waals surface area contributed by atoms with E-state index in [1.165, 1.54) is 0 Å². The Morgan fingerprint density at radius 3 is 2.79 bits per heavy atom. The van der Waals surface area contributed by atoms with Crippen LogP contribution in [-0.2, 0) is 4.74 Å². The van der Waals surface area contributed by atoms with Gasteiger partial charge in [-0.3, -0.25) is 0 Å². The van der Waals surface area contributed by atoms with Crippen LogP contribution in [0.25, 0.3) is 0 Å². The third-order valence-electron chi connectivity index (χ3n) is 3.02. The fraction of sp³-hybridized carbons (Fsp3) is 0.583. The highest BCUT2D eigenvalue weighted by molar-refractivity contribution is 6.31. The maximum absolute atomic E-state index is 11.6. The molecule has 1 aliphatic rings. The zero-order valence-electron chi connectivity index (χ0n) is 10.8. The van der Waals surface area contributed by atoms with Gasteiger partial charge in [0.25, 0.3) is 0 Å². The van der Waals surface area contributed by atoms with Crippen molar-refractivity contribution in [1.82, 2.24) is 14.9 Å². The first-order valence-corrected chi connectivity index (χ1v) is 6.73. The topological polar surface area (TPSA) is 67.3 Å². The van der Waals surface area contributed by atoms with Gasteiger partial charge in [-0.15, -0.1) is 0 Å². The van der Waals surface area contributed by atoms with Gasteiger partial charge in [0.1, 0.15) is 0 Å². The number of likely N-dealkylation sites (tertiary alicyclic amines) is 1. The molecule has 0 saturated carbocycles. The molecule has 1 N–H and O–H groups in total. The van der Waals surface area contributed by atoms with Gasteiger partial charge in [0.2, 0.25) is 0 Å². The summed E-state index contributed by atoms with van der Waals surface area (Å²) in [6, 6.07) is 0.250. The lowest BCUT2D eigenvalue weighted by Gasteiger charge is -2.31. The van der Waals surface area contributed by atoms with Crippen LogP contribution in [0, 0.1) is 0 Å². The molecular weight excluding hydrogens is 268 g/mol. The summed E-state index contributed by atoms with van der Waals surface area (Å²) < 4.78 is 4.98. The largest absolute Gasteiger partial charge is 0.450 e. The van der Waals surface area contributed by atoms with Gasteiger partial charge < -0.3 is 15.0 Å². The van der Waals surface area contributed by atoms with Crippen molar-refractivity contribution in [2.45, 2.75) is 25.8 Å². The zero-order chi connectivity index (χ0) is 13.7. The number of rotatable bonds is 3. The summed E-state index contributed by atoms with van der Waals surface area (Å²) in [5.74, 6) is 0.596. The minimum atomic E-state index is -0.238. The van der Waals surface area contributed by atoms with Crippen LogP contribution in [0.4, 0.5) is 10.6 Å². The lowest BCUT2D eigenvalue weighted by molar-refractivity contribution is 0.0983. The summed E-state index contributed by atoms with van der Waals surface area (Å²) in [5.41, 5.74) is 0. The first kappa shape index (κ1) is 13.9. The molecule has 19 heavy (non-hydrogen) atoms. The van der Waals surface area contributed by atoms with Crippen LogP contribution in [-0.4, -0.2) is 46.7 Å². The second kappa shape index (κ2) is 6.56. The molecule has 104 valence electrons. The highest BCUT2D eigenvalue weighted by Crippen LogP contribution is 2.20. The molecule has 7 heteroatoms. The Labute approximate surface area is 117 Å². The van der Waals surface area contributed by atoms with E-state index < -0.39 is 0 Å². The molecular formula is C12H17ClN4O2. The lowest BCUT2D eigenvalue weighted by atomic mass is 10.1. The first-order chi connectivity index (χ1) is 9.20. The number of carbonyl (C=O) groups is 1. The van der Waals surface area contributed by atoms with E-state index in [-0.39, 0.29) is 12.1 Å². The van der Waals surface area contributed by atoms with Crippen LogP contribution in [0.2, 0.25) is 5.15 Å². The quantitative estimate of drug-likeness (QED) is 0.921. The summed E-state index contributed by atoms with van der Waals surface area (Å²) in [4.78, 5) is 21.4. The minimum absolute atomic E-state index is 0.238. The number of nitrogens with one attached hydrogen (secondary N) is 1. The Morgan fingerprint density at radius 1 is 1.47 bits per heavy atom. The van der Waals surface area contributed by atoms with E-state index in [0.717, 1.165) is 12.8 Å². The van der Waals surface area contributed by atoms with E-state index in [9.17, 15) is 4.79 Å². The number of aromatic nitrogens is 2. The number of ether oxygens (including phenoxy) is 1. The monoisotopic (exact) mass is 284 g/mol. The molecule has 1 fully saturated rings. The van der Waals surface area contributed by atoms with Crippen molar-refractivity contribution in [3.8, 4) is 0 Å². The van der Waals surface area contributed by atoms with Crippen LogP contribution in [0.5, 0.6) is 0 Å². The lowest BCUT2D eigenvalue weighted by Crippen LogP contribution is -2.42. The Balaban J connectivity index is 1.84. The molecule has 0 unspecified atom stereocenters. The van der Waals surface area contributed by atoms with Gasteiger partial charge in [0.05, 0.1) is 6.61 Å². The Bertz CT molecular complexity index is 435. The van der Waals surface area contributed by atoms with Gasteiger partial charge in [-0.05, 0) is 19.8 Å². The second-order valence-corrected chi connectivity index (χ2v) is 4.66. The van der Waals surface area contributed by atoms with E-state index in [1.807, 2.05) is 6.92 Å². The van der Waals surface area contributed by atoms with Crippen molar-refractivity contribution in [3.05, 3.63) is 17.5 Å². The fourth-order valence-electron chi connectivity index (χ4n) is 2.03. The number of anilines is 1. The van der Waals surface area contributed by atoms with Crippen molar-refractivity contribution >= 4 is 23.5 Å². The third-order valence-corrected chi connectivity index (χ3v) is 3.29. The number of piperidine rings is 1. The summed E-state index contributed by atoms with van der Waals surface area (Å²) >= 11 is 5.94. The first-order valence-electron chi connectivity index (χ1n) is 6.35. The highest BCUT2D eigenvalue weighted by Gasteiger charge is 2.24. The zero-order valence-corrected chi connectivity index (χ0v) is 11.6. The predicted molar refractivity (Wildman–Crippen MR) is 72.3 cm³/mol. The molecule has 0 radical (unpaired) electrons. The molecule has 1 aliphatic heterocycles. The van der Waals surface area contributed by atoms with Crippen molar-refractivity contribution < 1.29 is 9.53 Å². The van der Waals surface area contributed by atoms with E-state index >= 15 is 0 Å². The molecule has 1 saturated heterocycles. The fourth-order valence-corrected chi connectivity index (χ4v) is 2.19. The molecule has 0 spiro atoms. The van der Waals surface area contributed by atoms with E-state index in [2.05, 4.69) is 15.3 Å². The third kappa shape index (κ3) is 3.70. The van der Waals surface area contributed by atoms with Gasteiger partial charge in [-0.25, -0.2) is 14.8 Å². The maximum atomic E-state index is 11.6. The van der Waals surface area contributed by atoms with Crippen LogP contribution in [0.1, 0.15) is 19.8 Å². The summed E-state index contributed by atoms with van der Waals surface area (Å²) in [5, 5.41) is 3.63.